The van der Waals surface area contributed by atoms with Crippen LogP contribution in [0.2, 0.25) is 10.0 Å². The summed E-state index contributed by atoms with van der Waals surface area (Å²) in [6.07, 6.45) is -4.52. The van der Waals surface area contributed by atoms with E-state index in [0.29, 0.717) is 10.8 Å². The number of alkyl halides is 3. The van der Waals surface area contributed by atoms with Crippen LogP contribution in [-0.2, 0) is 6.18 Å². The van der Waals surface area contributed by atoms with Crippen molar-refractivity contribution >= 4 is 23.2 Å². The van der Waals surface area contributed by atoms with Gasteiger partial charge in [-0.15, -0.1) is 0 Å². The second-order valence-electron chi connectivity index (χ2n) is 3.70. The highest BCUT2D eigenvalue weighted by Gasteiger charge is 2.33. The van der Waals surface area contributed by atoms with Crippen LogP contribution in [0.25, 0.3) is 0 Å². The highest BCUT2D eigenvalue weighted by Crippen LogP contribution is 2.37. The molecule has 6 heteroatoms. The van der Waals surface area contributed by atoms with Crippen molar-refractivity contribution in [3.8, 4) is 11.5 Å². The number of halogens is 5. The minimum absolute atomic E-state index is 0.0547. The first-order valence-corrected chi connectivity index (χ1v) is 5.92. The lowest BCUT2D eigenvalue weighted by atomic mass is 10.2. The number of hydrogen-bond donors (Lipinski definition) is 0. The molecule has 0 atom stereocenters. The molecule has 0 spiro atoms. The van der Waals surface area contributed by atoms with Crippen molar-refractivity contribution in [1.29, 1.82) is 0 Å². The van der Waals surface area contributed by atoms with Crippen molar-refractivity contribution in [3.63, 3.8) is 0 Å². The minimum atomic E-state index is -4.52. The van der Waals surface area contributed by atoms with Crippen LogP contribution in [0, 0.1) is 0 Å². The van der Waals surface area contributed by atoms with Crippen molar-refractivity contribution in [2.75, 3.05) is 0 Å². The van der Waals surface area contributed by atoms with E-state index in [9.17, 15) is 13.2 Å². The molecule has 0 saturated carbocycles. The number of rotatable bonds is 2. The van der Waals surface area contributed by atoms with Gasteiger partial charge in [0.1, 0.15) is 11.5 Å². The van der Waals surface area contributed by atoms with Crippen molar-refractivity contribution in [1.82, 2.24) is 0 Å². The molecule has 0 bridgehead atoms. The summed E-state index contributed by atoms with van der Waals surface area (Å²) in [6.45, 7) is 0. The average molecular weight is 307 g/mol. The summed E-state index contributed by atoms with van der Waals surface area (Å²) >= 11 is 11.2. The molecule has 2 rings (SSSR count). The summed E-state index contributed by atoms with van der Waals surface area (Å²) in [5.41, 5.74) is -0.930. The molecule has 0 heterocycles. The lowest BCUT2D eigenvalue weighted by molar-refractivity contribution is -0.137. The molecule has 0 aliphatic heterocycles. The quantitative estimate of drug-likeness (QED) is 0.681. The molecule has 19 heavy (non-hydrogen) atoms. The predicted molar refractivity (Wildman–Crippen MR) is 68.0 cm³/mol. The molecule has 100 valence electrons. The Morgan fingerprint density at radius 3 is 2.00 bits per heavy atom. The smallest absolute Gasteiger partial charge is 0.417 e. The molecule has 1 nitrogen and oxygen atoms in total. The molecule has 0 aliphatic rings. The monoisotopic (exact) mass is 306 g/mol. The lowest BCUT2D eigenvalue weighted by Gasteiger charge is -2.11. The van der Waals surface area contributed by atoms with E-state index in [-0.39, 0.29) is 10.8 Å². The fourth-order valence-electron chi connectivity index (χ4n) is 1.42. The Morgan fingerprint density at radius 2 is 1.42 bits per heavy atom. The van der Waals surface area contributed by atoms with E-state index >= 15 is 0 Å². The Labute approximate surface area is 117 Å². The molecular formula is C13H7Cl2F3O. The van der Waals surface area contributed by atoms with E-state index in [4.69, 9.17) is 27.9 Å². The van der Waals surface area contributed by atoms with E-state index in [0.717, 1.165) is 12.1 Å². The van der Waals surface area contributed by atoms with Crippen molar-refractivity contribution in [2.45, 2.75) is 6.18 Å². The summed E-state index contributed by atoms with van der Waals surface area (Å²) in [7, 11) is 0. The predicted octanol–water partition coefficient (Wildman–Crippen LogP) is 5.80. The van der Waals surface area contributed by atoms with Crippen LogP contribution in [0.15, 0.2) is 42.5 Å². The van der Waals surface area contributed by atoms with Crippen LogP contribution in [0.4, 0.5) is 13.2 Å². The van der Waals surface area contributed by atoms with Crippen molar-refractivity contribution < 1.29 is 17.9 Å². The van der Waals surface area contributed by atoms with E-state index in [1.807, 2.05) is 0 Å². The summed E-state index contributed by atoms with van der Waals surface area (Å²) in [4.78, 5) is 0. The summed E-state index contributed by atoms with van der Waals surface area (Å²) in [5.74, 6) is 0.443. The van der Waals surface area contributed by atoms with Crippen LogP contribution in [0.5, 0.6) is 11.5 Å². The lowest BCUT2D eigenvalue weighted by Crippen LogP contribution is -2.05. The first-order chi connectivity index (χ1) is 8.86. The van der Waals surface area contributed by atoms with Gasteiger partial charge in [-0.2, -0.15) is 13.2 Å². The van der Waals surface area contributed by atoms with Crippen LogP contribution in [0.3, 0.4) is 0 Å². The van der Waals surface area contributed by atoms with E-state index in [1.54, 1.807) is 24.3 Å². The maximum atomic E-state index is 12.7. The fourth-order valence-corrected chi connectivity index (χ4v) is 1.77. The van der Waals surface area contributed by atoms with Gasteiger partial charge < -0.3 is 4.74 Å². The average Bonchev–Trinajstić information content (AvgIpc) is 2.33. The third-order valence-corrected chi connectivity index (χ3v) is 2.87. The summed E-state index contributed by atoms with van der Waals surface area (Å²) in [6, 6.07) is 9.65. The molecule has 0 radical (unpaired) electrons. The molecule has 0 unspecified atom stereocenters. The Morgan fingerprint density at radius 1 is 0.842 bits per heavy atom. The Balaban J connectivity index is 2.29. The number of benzene rings is 2. The topological polar surface area (TPSA) is 9.23 Å². The summed E-state index contributed by atoms with van der Waals surface area (Å²) in [5, 5.41) is 0.149. The number of ether oxygens (including phenoxy) is 1. The molecule has 0 amide bonds. The zero-order valence-electron chi connectivity index (χ0n) is 9.34. The largest absolute Gasteiger partial charge is 0.457 e. The van der Waals surface area contributed by atoms with Gasteiger partial charge in [-0.3, -0.25) is 0 Å². The maximum absolute atomic E-state index is 12.7. The highest BCUT2D eigenvalue weighted by atomic mass is 35.5. The Kier molecular flexibility index (Phi) is 3.92. The first kappa shape index (κ1) is 14.0. The zero-order valence-corrected chi connectivity index (χ0v) is 10.9. The molecule has 0 saturated heterocycles. The molecule has 0 N–H and O–H groups in total. The van der Waals surface area contributed by atoms with Gasteiger partial charge in [0, 0.05) is 5.02 Å². The fraction of sp³-hybridized carbons (Fsp3) is 0.0769. The maximum Gasteiger partial charge on any atom is 0.417 e. The molecule has 2 aromatic carbocycles. The summed E-state index contributed by atoms with van der Waals surface area (Å²) < 4.78 is 43.3. The molecule has 0 fully saturated rings. The first-order valence-electron chi connectivity index (χ1n) is 5.16. The zero-order chi connectivity index (χ0) is 14.0. The van der Waals surface area contributed by atoms with Gasteiger partial charge in [0.05, 0.1) is 10.6 Å². The second kappa shape index (κ2) is 5.31. The third-order valence-electron chi connectivity index (χ3n) is 2.29. The van der Waals surface area contributed by atoms with Gasteiger partial charge in [-0.25, -0.2) is 0 Å². The Bertz CT molecular complexity index is 579. The number of hydrogen-bond acceptors (Lipinski definition) is 1. The third kappa shape index (κ3) is 3.55. The van der Waals surface area contributed by atoms with Gasteiger partial charge in [0.2, 0.25) is 0 Å². The van der Waals surface area contributed by atoms with E-state index in [2.05, 4.69) is 0 Å². The highest BCUT2D eigenvalue weighted by molar-refractivity contribution is 6.31. The van der Waals surface area contributed by atoms with Crippen molar-refractivity contribution in [2.24, 2.45) is 0 Å². The second-order valence-corrected chi connectivity index (χ2v) is 4.54. The molecular weight excluding hydrogens is 300 g/mol. The van der Waals surface area contributed by atoms with Gasteiger partial charge in [0.25, 0.3) is 0 Å². The van der Waals surface area contributed by atoms with E-state index < -0.39 is 11.7 Å². The molecule has 0 aromatic heterocycles. The van der Waals surface area contributed by atoms with Crippen molar-refractivity contribution in [3.05, 3.63) is 58.1 Å². The van der Waals surface area contributed by atoms with Crippen LogP contribution < -0.4 is 4.74 Å². The molecule has 2 aromatic rings. The van der Waals surface area contributed by atoms with Gasteiger partial charge in [0.15, 0.2) is 0 Å². The normalized spacial score (nSPS) is 11.4. The SMILES string of the molecule is FC(F)(F)c1cc(Oc2ccc(Cl)cc2)ccc1Cl. The minimum Gasteiger partial charge on any atom is -0.457 e. The van der Waals surface area contributed by atoms with Gasteiger partial charge in [-0.05, 0) is 42.5 Å². The van der Waals surface area contributed by atoms with Gasteiger partial charge in [-0.1, -0.05) is 23.2 Å². The Hall–Kier alpha value is -1.39. The molecule has 0 aliphatic carbocycles. The van der Waals surface area contributed by atoms with E-state index in [1.165, 1.54) is 6.07 Å². The van der Waals surface area contributed by atoms with Crippen LogP contribution in [0.1, 0.15) is 5.56 Å². The van der Waals surface area contributed by atoms with Crippen LogP contribution >= 0.6 is 23.2 Å². The van der Waals surface area contributed by atoms with Gasteiger partial charge >= 0.3 is 6.18 Å². The van der Waals surface area contributed by atoms with Crippen LogP contribution in [-0.4, -0.2) is 0 Å². The standard InChI is InChI=1S/C13H7Cl2F3O/c14-8-1-3-9(4-2-8)19-10-5-6-12(15)11(7-10)13(16,17)18/h1-7H.